The van der Waals surface area contributed by atoms with Gasteiger partial charge in [-0.15, -0.1) is 0 Å². The third kappa shape index (κ3) is 4.09. The number of sulfonamides is 1. The molecule has 0 fully saturated rings. The average Bonchev–Trinajstić information content (AvgIpc) is 2.92. The number of aryl methyl sites for hydroxylation is 2. The van der Waals surface area contributed by atoms with Gasteiger partial charge < -0.3 is 4.98 Å². The Morgan fingerprint density at radius 3 is 2.30 bits per heavy atom. The summed E-state index contributed by atoms with van der Waals surface area (Å²) in [6, 6.07) is 13.3. The second kappa shape index (κ2) is 7.13. The van der Waals surface area contributed by atoms with Gasteiger partial charge in [-0.2, -0.15) is 0 Å². The van der Waals surface area contributed by atoms with Crippen molar-refractivity contribution < 1.29 is 8.42 Å². The van der Waals surface area contributed by atoms with Crippen LogP contribution in [-0.4, -0.2) is 19.9 Å². The highest BCUT2D eigenvalue weighted by Crippen LogP contribution is 2.25. The molecule has 0 aliphatic heterocycles. The number of fused-ring (bicyclic) bond motifs is 1. The van der Waals surface area contributed by atoms with Crippen LogP contribution in [0.15, 0.2) is 47.4 Å². The van der Waals surface area contributed by atoms with E-state index in [1.165, 1.54) is 16.5 Å². The smallest absolute Gasteiger partial charge is 0.240 e. The predicted octanol–water partition coefficient (Wildman–Crippen LogP) is 4.60. The summed E-state index contributed by atoms with van der Waals surface area (Å²) in [5.41, 5.74) is 5.70. The first-order valence-corrected chi connectivity index (χ1v) is 10.7. The molecule has 2 aromatic carbocycles. The van der Waals surface area contributed by atoms with Gasteiger partial charge in [0.05, 0.1) is 4.90 Å². The molecule has 0 amide bonds. The zero-order valence-corrected chi connectivity index (χ0v) is 17.5. The van der Waals surface area contributed by atoms with Gasteiger partial charge in [-0.25, -0.2) is 13.1 Å². The minimum Gasteiger partial charge on any atom is -0.358 e. The summed E-state index contributed by atoms with van der Waals surface area (Å²) in [6.45, 7) is 10.8. The van der Waals surface area contributed by atoms with Crippen molar-refractivity contribution in [3.63, 3.8) is 0 Å². The molecule has 1 aromatic heterocycles. The highest BCUT2D eigenvalue weighted by atomic mass is 32.2. The third-order valence-electron chi connectivity index (χ3n) is 5.06. The Balaban J connectivity index is 1.73. The van der Waals surface area contributed by atoms with E-state index in [1.54, 1.807) is 12.1 Å². The van der Waals surface area contributed by atoms with Crippen LogP contribution in [-0.2, 0) is 21.9 Å². The van der Waals surface area contributed by atoms with Crippen LogP contribution >= 0.6 is 0 Å². The Hall–Kier alpha value is -2.11. The largest absolute Gasteiger partial charge is 0.358 e. The van der Waals surface area contributed by atoms with Crippen molar-refractivity contribution in [3.8, 4) is 0 Å². The van der Waals surface area contributed by atoms with Crippen LogP contribution in [0, 0.1) is 13.8 Å². The topological polar surface area (TPSA) is 62.0 Å². The van der Waals surface area contributed by atoms with Crippen molar-refractivity contribution in [2.45, 2.75) is 51.3 Å². The van der Waals surface area contributed by atoms with Gasteiger partial charge in [0.15, 0.2) is 0 Å². The average molecular weight is 385 g/mol. The van der Waals surface area contributed by atoms with Gasteiger partial charge in [0.1, 0.15) is 0 Å². The molecule has 1 heterocycles. The van der Waals surface area contributed by atoms with Crippen molar-refractivity contribution in [1.29, 1.82) is 0 Å². The summed E-state index contributed by atoms with van der Waals surface area (Å²) < 4.78 is 27.9. The molecule has 4 nitrogen and oxygen atoms in total. The first kappa shape index (κ1) is 19.6. The number of benzene rings is 2. The Morgan fingerprint density at radius 2 is 1.67 bits per heavy atom. The monoisotopic (exact) mass is 384 g/mol. The maximum Gasteiger partial charge on any atom is 0.240 e. The molecule has 0 atom stereocenters. The molecule has 3 rings (SSSR count). The molecule has 0 unspecified atom stereocenters. The molecule has 0 saturated carbocycles. The zero-order valence-electron chi connectivity index (χ0n) is 16.7. The lowest BCUT2D eigenvalue weighted by Gasteiger charge is -2.19. The number of nitrogens with one attached hydrogen (secondary N) is 2. The first-order valence-electron chi connectivity index (χ1n) is 9.26. The van der Waals surface area contributed by atoms with Crippen LogP contribution < -0.4 is 4.72 Å². The van der Waals surface area contributed by atoms with Gasteiger partial charge in [0.25, 0.3) is 0 Å². The molecular weight excluding hydrogens is 356 g/mol. The maximum absolute atomic E-state index is 12.6. The second-order valence-corrected chi connectivity index (χ2v) is 9.92. The highest BCUT2D eigenvalue weighted by Gasteiger charge is 2.18. The molecule has 2 N–H and O–H groups in total. The minimum atomic E-state index is -3.51. The zero-order chi connectivity index (χ0) is 19.8. The summed E-state index contributed by atoms with van der Waals surface area (Å²) >= 11 is 0. The van der Waals surface area contributed by atoms with Crippen molar-refractivity contribution in [2.75, 3.05) is 6.54 Å². The summed E-state index contributed by atoms with van der Waals surface area (Å²) in [4.78, 5) is 3.73. The van der Waals surface area contributed by atoms with E-state index >= 15 is 0 Å². The Labute approximate surface area is 162 Å². The Bertz CT molecular complexity index is 1060. The number of para-hydroxylation sites is 1. The van der Waals surface area contributed by atoms with E-state index in [4.69, 9.17) is 0 Å². The Kier molecular flexibility index (Phi) is 5.19. The highest BCUT2D eigenvalue weighted by molar-refractivity contribution is 7.89. The molecule has 0 radical (unpaired) electrons. The molecule has 144 valence electrons. The summed E-state index contributed by atoms with van der Waals surface area (Å²) in [5, 5.41) is 1.17. The number of rotatable bonds is 5. The summed E-state index contributed by atoms with van der Waals surface area (Å²) in [6.07, 6.45) is 0.647. The molecule has 3 aromatic rings. The molecule has 0 spiro atoms. The van der Waals surface area contributed by atoms with Crippen LogP contribution in [0.4, 0.5) is 0 Å². The van der Waals surface area contributed by atoms with Gasteiger partial charge in [0, 0.05) is 23.1 Å². The second-order valence-electron chi connectivity index (χ2n) is 8.15. The SMILES string of the molecule is Cc1[nH]c2c(C)cccc2c1CCNS(=O)(=O)c1ccc(C(C)(C)C)cc1. The van der Waals surface area contributed by atoms with Crippen LogP contribution in [0.5, 0.6) is 0 Å². The molecule has 0 saturated heterocycles. The fraction of sp³-hybridized carbons (Fsp3) is 0.364. The predicted molar refractivity (Wildman–Crippen MR) is 112 cm³/mol. The normalized spacial score (nSPS) is 12.6. The molecular formula is C22H28N2O2S. The molecule has 0 aliphatic rings. The van der Waals surface area contributed by atoms with E-state index in [0.29, 0.717) is 17.9 Å². The number of aromatic amines is 1. The lowest BCUT2D eigenvalue weighted by Crippen LogP contribution is -2.26. The fourth-order valence-corrected chi connectivity index (χ4v) is 4.43. The molecule has 5 heteroatoms. The van der Waals surface area contributed by atoms with Gasteiger partial charge in [-0.1, -0.05) is 51.1 Å². The number of H-pyrrole nitrogens is 1. The number of aromatic nitrogens is 1. The van der Waals surface area contributed by atoms with Crippen molar-refractivity contribution >= 4 is 20.9 Å². The van der Waals surface area contributed by atoms with Gasteiger partial charge in [0.2, 0.25) is 10.0 Å². The van der Waals surface area contributed by atoms with Crippen LogP contribution in [0.3, 0.4) is 0 Å². The van der Waals surface area contributed by atoms with Crippen LogP contribution in [0.2, 0.25) is 0 Å². The van der Waals surface area contributed by atoms with E-state index in [0.717, 1.165) is 16.8 Å². The molecule has 27 heavy (non-hydrogen) atoms. The van der Waals surface area contributed by atoms with Crippen molar-refractivity contribution in [3.05, 3.63) is 64.8 Å². The maximum atomic E-state index is 12.6. The fourth-order valence-electron chi connectivity index (χ4n) is 3.40. The lowest BCUT2D eigenvalue weighted by atomic mass is 9.87. The van der Waals surface area contributed by atoms with E-state index in [1.807, 2.05) is 25.1 Å². The van der Waals surface area contributed by atoms with Crippen LogP contribution in [0.25, 0.3) is 10.9 Å². The molecule has 0 bridgehead atoms. The number of hydrogen-bond donors (Lipinski definition) is 2. The third-order valence-corrected chi connectivity index (χ3v) is 6.54. The van der Waals surface area contributed by atoms with Gasteiger partial charge in [-0.3, -0.25) is 0 Å². The summed E-state index contributed by atoms with van der Waals surface area (Å²) in [7, 11) is -3.51. The lowest BCUT2D eigenvalue weighted by molar-refractivity contribution is 0.578. The first-order chi connectivity index (χ1) is 12.6. The van der Waals surface area contributed by atoms with Crippen LogP contribution in [0.1, 0.15) is 43.2 Å². The summed E-state index contributed by atoms with van der Waals surface area (Å²) in [5.74, 6) is 0. The quantitative estimate of drug-likeness (QED) is 0.675. The van der Waals surface area contributed by atoms with E-state index < -0.39 is 10.0 Å². The van der Waals surface area contributed by atoms with Crippen molar-refractivity contribution in [2.24, 2.45) is 0 Å². The van der Waals surface area contributed by atoms with E-state index in [2.05, 4.69) is 49.5 Å². The van der Waals surface area contributed by atoms with Gasteiger partial charge in [-0.05, 0) is 54.5 Å². The number of hydrogen-bond acceptors (Lipinski definition) is 2. The minimum absolute atomic E-state index is 0.000712. The molecule has 0 aliphatic carbocycles. The van der Waals surface area contributed by atoms with Gasteiger partial charge >= 0.3 is 0 Å². The van der Waals surface area contributed by atoms with E-state index in [-0.39, 0.29) is 5.41 Å². The Morgan fingerprint density at radius 1 is 1.00 bits per heavy atom. The van der Waals surface area contributed by atoms with E-state index in [9.17, 15) is 8.42 Å². The standard InChI is InChI=1S/C22H28N2O2S/c1-15-7-6-8-20-19(16(2)24-21(15)20)13-14-23-27(25,26)18-11-9-17(10-12-18)22(3,4)5/h6-12,23-24H,13-14H2,1-5H3. The van der Waals surface area contributed by atoms with Crippen molar-refractivity contribution in [1.82, 2.24) is 9.71 Å².